The van der Waals surface area contributed by atoms with Gasteiger partial charge in [-0.3, -0.25) is 0 Å². The number of anilines is 3. The predicted molar refractivity (Wildman–Crippen MR) is 238 cm³/mol. The van der Waals surface area contributed by atoms with Crippen molar-refractivity contribution in [2.75, 3.05) is 4.90 Å². The van der Waals surface area contributed by atoms with Crippen LogP contribution in [0.3, 0.4) is 0 Å². The van der Waals surface area contributed by atoms with E-state index >= 15 is 0 Å². The summed E-state index contributed by atoms with van der Waals surface area (Å²) in [7, 11) is 0. The van der Waals surface area contributed by atoms with Crippen LogP contribution in [0.4, 0.5) is 17.1 Å². The predicted octanol–water partition coefficient (Wildman–Crippen LogP) is 15.9. The number of hydrogen-bond donors (Lipinski definition) is 0. The molecule has 0 aliphatic carbocycles. The maximum Gasteiger partial charge on any atom is 0.152 e. The summed E-state index contributed by atoms with van der Waals surface area (Å²) in [6.45, 7) is 19.4. The summed E-state index contributed by atoms with van der Waals surface area (Å²) in [4.78, 5) is 2.41. The van der Waals surface area contributed by atoms with Crippen molar-refractivity contribution < 1.29 is 13.6 Å². The molecule has 2 aromatic heterocycles. The maximum atomic E-state index is 6.99. The highest BCUT2D eigenvalue weighted by Crippen LogP contribution is 2.56. The molecule has 4 heteroatoms. The molecule has 0 N–H and O–H groups in total. The van der Waals surface area contributed by atoms with Crippen molar-refractivity contribution in [3.05, 3.63) is 179 Å². The van der Waals surface area contributed by atoms with Crippen LogP contribution in [-0.2, 0) is 0 Å². The molecule has 57 heavy (non-hydrogen) atoms. The monoisotopic (exact) mass is 743 g/mol. The lowest BCUT2D eigenvalue weighted by molar-refractivity contribution is 0.477. The van der Waals surface area contributed by atoms with Crippen LogP contribution in [0.5, 0.6) is 11.5 Å². The molecule has 1 aliphatic heterocycles. The highest BCUT2D eigenvalue weighted by atomic mass is 16.5. The van der Waals surface area contributed by atoms with Gasteiger partial charge >= 0.3 is 0 Å². The summed E-state index contributed by atoms with van der Waals surface area (Å²) in [5, 5.41) is 2.12. The number of fused-ring (bicyclic) bond motifs is 4. The third-order valence-electron chi connectivity index (χ3n) is 11.2. The van der Waals surface area contributed by atoms with Crippen LogP contribution in [-0.4, -0.2) is 0 Å². The van der Waals surface area contributed by atoms with Crippen LogP contribution >= 0.6 is 0 Å². The molecule has 0 fully saturated rings. The van der Waals surface area contributed by atoms with Gasteiger partial charge in [0.1, 0.15) is 22.7 Å². The number of hydrogen-bond acceptors (Lipinski definition) is 4. The fraction of sp³-hybridized carbons (Fsp3) is 0.132. The number of aryl methyl sites for hydroxylation is 4. The summed E-state index contributed by atoms with van der Waals surface area (Å²) in [5.74, 6) is 3.05. The van der Waals surface area contributed by atoms with Crippen molar-refractivity contribution in [2.45, 2.75) is 48.5 Å². The fourth-order valence-electron chi connectivity index (χ4n) is 8.43. The lowest BCUT2D eigenvalue weighted by atomic mass is 9.86. The summed E-state index contributed by atoms with van der Waals surface area (Å²) in [5.41, 5.74) is 18.5. The second-order valence-corrected chi connectivity index (χ2v) is 15.5. The van der Waals surface area contributed by atoms with Crippen molar-refractivity contribution in [3.63, 3.8) is 0 Å². The van der Waals surface area contributed by atoms with Crippen LogP contribution < -0.4 is 9.64 Å². The van der Waals surface area contributed by atoms with Gasteiger partial charge in [-0.25, -0.2) is 0 Å². The van der Waals surface area contributed by atoms with E-state index in [9.17, 15) is 0 Å². The third kappa shape index (κ3) is 6.37. The highest BCUT2D eigenvalue weighted by molar-refractivity contribution is 6.01. The summed E-state index contributed by atoms with van der Waals surface area (Å²) < 4.78 is 19.7. The second kappa shape index (κ2) is 14.1. The van der Waals surface area contributed by atoms with E-state index in [0.717, 1.165) is 89.8 Å². The minimum absolute atomic E-state index is 0.734. The Morgan fingerprint density at radius 2 is 1.12 bits per heavy atom. The van der Waals surface area contributed by atoms with Crippen LogP contribution in [0.25, 0.3) is 61.3 Å². The van der Waals surface area contributed by atoms with E-state index < -0.39 is 0 Å². The summed E-state index contributed by atoms with van der Waals surface area (Å²) in [6, 6.07) is 42.5. The largest absolute Gasteiger partial charge is 0.456 e. The fourth-order valence-corrected chi connectivity index (χ4v) is 8.43. The minimum atomic E-state index is 0.734. The SMILES string of the molecule is C=C/C(C)=C\C(C)=C(/C)c1cc(C)cc(-c2c(C)cc(C)cc2C)c1N1c2ccc(-c3cc4ccccc4o3)cc2Oc2cc(-c3cc4ccccc4o3)ccc21. The number of ether oxygens (including phenoxy) is 1. The van der Waals surface area contributed by atoms with Gasteiger partial charge in [0.05, 0.1) is 17.1 Å². The van der Waals surface area contributed by atoms with E-state index in [4.69, 9.17) is 13.6 Å². The quantitative estimate of drug-likeness (QED) is 0.152. The molecule has 1 aliphatic rings. The van der Waals surface area contributed by atoms with E-state index in [1.54, 1.807) is 0 Å². The van der Waals surface area contributed by atoms with Gasteiger partial charge in [0, 0.05) is 33.0 Å². The first-order valence-corrected chi connectivity index (χ1v) is 19.5. The number of rotatable bonds is 7. The zero-order chi connectivity index (χ0) is 39.5. The maximum absolute atomic E-state index is 6.99. The van der Waals surface area contributed by atoms with Crippen molar-refractivity contribution in [2.24, 2.45) is 0 Å². The molecule has 4 nitrogen and oxygen atoms in total. The van der Waals surface area contributed by atoms with Crippen molar-refractivity contribution in [1.29, 1.82) is 0 Å². The van der Waals surface area contributed by atoms with E-state index in [-0.39, 0.29) is 0 Å². The van der Waals surface area contributed by atoms with Crippen LogP contribution in [0.15, 0.2) is 160 Å². The first-order valence-electron chi connectivity index (χ1n) is 19.5. The first-order chi connectivity index (χ1) is 27.6. The normalized spacial score (nSPS) is 13.0. The number of furan rings is 2. The molecular weight excluding hydrogens is 699 g/mol. The highest BCUT2D eigenvalue weighted by Gasteiger charge is 2.32. The molecule has 9 rings (SSSR count). The van der Waals surface area contributed by atoms with Crippen LogP contribution in [0.1, 0.15) is 48.6 Å². The molecule has 0 atom stereocenters. The van der Waals surface area contributed by atoms with E-state index in [1.807, 2.05) is 42.5 Å². The van der Waals surface area contributed by atoms with Crippen LogP contribution in [0, 0.1) is 27.7 Å². The lowest BCUT2D eigenvalue weighted by Crippen LogP contribution is -2.19. The zero-order valence-corrected chi connectivity index (χ0v) is 33.6. The molecule has 0 bridgehead atoms. The molecule has 0 radical (unpaired) electrons. The van der Waals surface area contributed by atoms with Gasteiger partial charge in [-0.1, -0.05) is 78.4 Å². The average molecular weight is 744 g/mol. The lowest BCUT2D eigenvalue weighted by Gasteiger charge is -2.36. The summed E-state index contributed by atoms with van der Waals surface area (Å²) in [6.07, 6.45) is 4.13. The van der Waals surface area contributed by atoms with Crippen molar-refractivity contribution in [1.82, 2.24) is 0 Å². The molecule has 0 amide bonds. The van der Waals surface area contributed by atoms with E-state index in [0.29, 0.717) is 0 Å². The van der Waals surface area contributed by atoms with Gasteiger partial charge in [-0.05, 0) is 155 Å². The first kappa shape index (κ1) is 35.9. The standard InChI is InChI=1S/C53H45NO3/c1-9-31(2)22-34(5)37(8)42-25-33(4)26-43(52-35(6)23-32(3)24-36(52)7)53(42)54-44-20-18-40(48-27-38-14-10-12-16-46(38)55-48)29-50(44)57-51-30-41(19-21-45(51)54)49-28-39-15-11-13-17-47(39)56-49/h9-30H,1H2,2-8H3/b31-22-,37-34+. The Labute approximate surface area is 334 Å². The van der Waals surface area contributed by atoms with Gasteiger partial charge in [0.2, 0.25) is 0 Å². The Morgan fingerprint density at radius 3 is 1.65 bits per heavy atom. The molecule has 0 saturated carbocycles. The van der Waals surface area contributed by atoms with Crippen molar-refractivity contribution in [3.8, 4) is 45.3 Å². The number of nitrogens with zero attached hydrogens (tertiary/aromatic N) is 1. The third-order valence-corrected chi connectivity index (χ3v) is 11.2. The number of para-hydroxylation sites is 2. The molecule has 6 aromatic carbocycles. The Bertz CT molecular complexity index is 2770. The molecule has 8 aromatic rings. The Hall–Kier alpha value is -6.78. The number of allylic oxidation sites excluding steroid dienone is 5. The van der Waals surface area contributed by atoms with Crippen molar-refractivity contribution >= 4 is 44.6 Å². The topological polar surface area (TPSA) is 38.8 Å². The Balaban J connectivity index is 1.34. The van der Waals surface area contributed by atoms with E-state index in [2.05, 4.69) is 151 Å². The smallest absolute Gasteiger partial charge is 0.152 e. The van der Waals surface area contributed by atoms with Gasteiger partial charge in [-0.15, -0.1) is 0 Å². The number of benzene rings is 6. The average Bonchev–Trinajstić information content (AvgIpc) is 3.84. The minimum Gasteiger partial charge on any atom is -0.456 e. The van der Waals surface area contributed by atoms with E-state index in [1.165, 1.54) is 39.0 Å². The molecular formula is C53H45NO3. The molecule has 0 spiro atoms. The zero-order valence-electron chi connectivity index (χ0n) is 33.6. The van der Waals surface area contributed by atoms with Gasteiger partial charge in [0.25, 0.3) is 0 Å². The summed E-state index contributed by atoms with van der Waals surface area (Å²) >= 11 is 0. The Morgan fingerprint density at radius 1 is 0.596 bits per heavy atom. The molecule has 0 unspecified atom stereocenters. The van der Waals surface area contributed by atoms with Gasteiger partial charge in [-0.2, -0.15) is 0 Å². The molecule has 0 saturated heterocycles. The van der Waals surface area contributed by atoms with Gasteiger partial charge in [0.15, 0.2) is 11.5 Å². The van der Waals surface area contributed by atoms with Crippen LogP contribution in [0.2, 0.25) is 0 Å². The molecule has 280 valence electrons. The molecule has 3 heterocycles. The second-order valence-electron chi connectivity index (χ2n) is 15.5. The van der Waals surface area contributed by atoms with Gasteiger partial charge < -0.3 is 18.5 Å². The Kier molecular flexibility index (Phi) is 8.85.